The van der Waals surface area contributed by atoms with Crippen LogP contribution in [0, 0.1) is 5.82 Å². The molecule has 1 aliphatic carbocycles. The van der Waals surface area contributed by atoms with E-state index < -0.39 is 33.6 Å². The summed E-state index contributed by atoms with van der Waals surface area (Å²) in [7, 11) is -4.10. The Labute approximate surface area is 197 Å². The Hall–Kier alpha value is -3.34. The normalized spacial score (nSPS) is 18.7. The molecule has 1 heterocycles. The van der Waals surface area contributed by atoms with Gasteiger partial charge in [0.05, 0.1) is 23.7 Å². The van der Waals surface area contributed by atoms with Crippen molar-refractivity contribution < 1.29 is 31.9 Å². The van der Waals surface area contributed by atoms with Gasteiger partial charge in [-0.25, -0.2) is 17.6 Å². The molecule has 182 valence electrons. The number of sulfonamides is 1. The number of rotatable bonds is 6. The van der Waals surface area contributed by atoms with Crippen LogP contribution in [0.15, 0.2) is 47.4 Å². The van der Waals surface area contributed by atoms with Crippen molar-refractivity contribution in [1.29, 1.82) is 0 Å². The lowest BCUT2D eigenvalue weighted by Gasteiger charge is -2.37. The minimum Gasteiger partial charge on any atom is -0.484 e. The summed E-state index contributed by atoms with van der Waals surface area (Å²) in [6.45, 7) is 3.21. The second-order valence-corrected chi connectivity index (χ2v) is 10.5. The summed E-state index contributed by atoms with van der Waals surface area (Å²) in [4.78, 5) is 23.6. The fourth-order valence-corrected chi connectivity index (χ4v) is 5.36. The van der Waals surface area contributed by atoms with Crippen LogP contribution in [0.3, 0.4) is 0 Å². The largest absolute Gasteiger partial charge is 0.484 e. The number of anilines is 2. The minimum atomic E-state index is -4.10. The number of carbonyl (C=O) groups excluding carboxylic acids is 2. The first-order valence-electron chi connectivity index (χ1n) is 10.9. The first kappa shape index (κ1) is 23.8. The van der Waals surface area contributed by atoms with Crippen molar-refractivity contribution in [2.75, 3.05) is 22.7 Å². The zero-order valence-electron chi connectivity index (χ0n) is 18.8. The average molecular weight is 492 g/mol. The zero-order chi connectivity index (χ0) is 24.5. The number of nitrogens with one attached hydrogen (secondary N) is 2. The molecule has 2 aliphatic rings. The van der Waals surface area contributed by atoms with Crippen molar-refractivity contribution >= 4 is 33.4 Å². The molecule has 0 spiro atoms. The van der Waals surface area contributed by atoms with Crippen molar-refractivity contribution in [2.45, 2.75) is 49.7 Å². The van der Waals surface area contributed by atoms with E-state index in [2.05, 4.69) is 10.6 Å². The van der Waals surface area contributed by atoms with E-state index in [1.165, 1.54) is 25.1 Å². The summed E-state index contributed by atoms with van der Waals surface area (Å²) in [5.41, 5.74) is 0.0435. The first-order valence-corrected chi connectivity index (χ1v) is 12.3. The Morgan fingerprint density at radius 2 is 1.91 bits per heavy atom. The second-order valence-electron chi connectivity index (χ2n) is 8.67. The van der Waals surface area contributed by atoms with E-state index in [1.807, 2.05) is 6.92 Å². The standard InChI is InChI=1S/C23H26FN3O6S/c1-15(28)25-13-18-14-27(34(30,31)19-7-4-16(24)5-8-19)20-12-17(6-9-21(20)32-18)26-22(29)33-23(2)10-3-11-23/h4-9,12,18H,3,10-11,13-14H2,1-2H3,(H,25,28)(H,26,29). The zero-order valence-corrected chi connectivity index (χ0v) is 19.7. The highest BCUT2D eigenvalue weighted by molar-refractivity contribution is 7.92. The van der Waals surface area contributed by atoms with Crippen LogP contribution in [-0.4, -0.2) is 45.2 Å². The van der Waals surface area contributed by atoms with Crippen molar-refractivity contribution in [2.24, 2.45) is 0 Å². The summed E-state index contributed by atoms with van der Waals surface area (Å²) in [6, 6.07) is 9.10. The molecule has 2 aromatic rings. The van der Waals surface area contributed by atoms with E-state index in [0.717, 1.165) is 35.7 Å². The third-order valence-corrected chi connectivity index (χ3v) is 7.66. The van der Waals surface area contributed by atoms with Crippen LogP contribution in [0.25, 0.3) is 0 Å². The Bertz CT molecular complexity index is 1200. The highest BCUT2D eigenvalue weighted by atomic mass is 32.2. The van der Waals surface area contributed by atoms with Gasteiger partial charge < -0.3 is 14.8 Å². The summed E-state index contributed by atoms with van der Waals surface area (Å²) >= 11 is 0. The summed E-state index contributed by atoms with van der Waals surface area (Å²) in [5, 5.41) is 5.27. The molecule has 1 aliphatic heterocycles. The fourth-order valence-electron chi connectivity index (χ4n) is 3.86. The first-order chi connectivity index (χ1) is 16.1. The van der Waals surface area contributed by atoms with E-state index in [0.29, 0.717) is 5.69 Å². The molecule has 34 heavy (non-hydrogen) atoms. The number of hydrogen-bond acceptors (Lipinski definition) is 6. The van der Waals surface area contributed by atoms with Crippen molar-refractivity contribution in [3.63, 3.8) is 0 Å². The van der Waals surface area contributed by atoms with Gasteiger partial charge >= 0.3 is 6.09 Å². The van der Waals surface area contributed by atoms with Gasteiger partial charge in [-0.15, -0.1) is 0 Å². The van der Waals surface area contributed by atoms with E-state index in [1.54, 1.807) is 12.1 Å². The maximum atomic E-state index is 13.5. The molecule has 1 saturated carbocycles. The Morgan fingerprint density at radius 3 is 2.53 bits per heavy atom. The molecule has 2 N–H and O–H groups in total. The summed E-state index contributed by atoms with van der Waals surface area (Å²) < 4.78 is 52.8. The highest BCUT2D eigenvalue weighted by Gasteiger charge is 2.37. The molecular weight excluding hydrogens is 465 g/mol. The molecule has 2 amide bonds. The number of ether oxygens (including phenoxy) is 2. The Morgan fingerprint density at radius 1 is 1.21 bits per heavy atom. The smallest absolute Gasteiger partial charge is 0.412 e. The van der Waals surface area contributed by atoms with Gasteiger partial charge in [-0.3, -0.25) is 14.4 Å². The van der Waals surface area contributed by atoms with Crippen LogP contribution < -0.4 is 19.7 Å². The van der Waals surface area contributed by atoms with Crippen LogP contribution in [0.1, 0.15) is 33.1 Å². The molecule has 1 unspecified atom stereocenters. The molecule has 11 heteroatoms. The molecule has 2 aromatic carbocycles. The molecule has 0 aromatic heterocycles. The van der Waals surface area contributed by atoms with Gasteiger partial charge in [0, 0.05) is 12.6 Å². The molecule has 0 saturated heterocycles. The molecule has 0 bridgehead atoms. The fraction of sp³-hybridized carbons (Fsp3) is 0.391. The van der Waals surface area contributed by atoms with Gasteiger partial charge in [0.2, 0.25) is 5.91 Å². The minimum absolute atomic E-state index is 0.0924. The molecule has 1 fully saturated rings. The van der Waals surface area contributed by atoms with Gasteiger partial charge in [-0.05, 0) is 68.7 Å². The van der Waals surface area contributed by atoms with Crippen molar-refractivity contribution in [1.82, 2.24) is 5.32 Å². The Balaban J connectivity index is 1.64. The SMILES string of the molecule is CC(=O)NCC1CN(S(=O)(=O)c2ccc(F)cc2)c2cc(NC(=O)OC3(C)CCC3)ccc2O1. The van der Waals surface area contributed by atoms with Crippen LogP contribution >= 0.6 is 0 Å². The molecule has 4 rings (SSSR count). The third kappa shape index (κ3) is 5.09. The van der Waals surface area contributed by atoms with Crippen molar-refractivity contribution in [3.8, 4) is 5.75 Å². The third-order valence-electron chi connectivity index (χ3n) is 5.87. The predicted molar refractivity (Wildman–Crippen MR) is 123 cm³/mol. The maximum Gasteiger partial charge on any atom is 0.412 e. The lowest BCUT2D eigenvalue weighted by atomic mass is 9.82. The number of amides is 2. The molecular formula is C23H26FN3O6S. The van der Waals surface area contributed by atoms with E-state index in [-0.39, 0.29) is 35.3 Å². The Kier molecular flexibility index (Phi) is 6.39. The van der Waals surface area contributed by atoms with Gasteiger partial charge in [0.15, 0.2) is 0 Å². The lowest BCUT2D eigenvalue weighted by Crippen LogP contribution is -2.48. The number of fused-ring (bicyclic) bond motifs is 1. The van der Waals surface area contributed by atoms with E-state index in [9.17, 15) is 22.4 Å². The van der Waals surface area contributed by atoms with E-state index in [4.69, 9.17) is 9.47 Å². The van der Waals surface area contributed by atoms with Crippen LogP contribution in [0.2, 0.25) is 0 Å². The van der Waals surface area contributed by atoms with Gasteiger partial charge in [-0.1, -0.05) is 0 Å². The topological polar surface area (TPSA) is 114 Å². The molecule has 9 nitrogen and oxygen atoms in total. The molecule has 0 radical (unpaired) electrons. The number of hydrogen-bond donors (Lipinski definition) is 2. The lowest BCUT2D eigenvalue weighted by molar-refractivity contribution is -0.119. The summed E-state index contributed by atoms with van der Waals surface area (Å²) in [5.74, 6) is -0.576. The number of halogens is 1. The van der Waals surface area contributed by atoms with E-state index >= 15 is 0 Å². The number of carbonyl (C=O) groups is 2. The van der Waals surface area contributed by atoms with Crippen LogP contribution in [-0.2, 0) is 19.6 Å². The summed E-state index contributed by atoms with van der Waals surface area (Å²) in [6.07, 6.45) is 1.29. The second kappa shape index (κ2) is 9.13. The number of nitrogens with zero attached hydrogens (tertiary/aromatic N) is 1. The number of benzene rings is 2. The monoisotopic (exact) mass is 491 g/mol. The van der Waals surface area contributed by atoms with Gasteiger partial charge in [0.1, 0.15) is 23.3 Å². The average Bonchev–Trinajstić information content (AvgIpc) is 2.76. The van der Waals surface area contributed by atoms with Crippen LogP contribution in [0.4, 0.5) is 20.6 Å². The predicted octanol–water partition coefficient (Wildman–Crippen LogP) is 3.41. The van der Waals surface area contributed by atoms with Gasteiger partial charge in [0.25, 0.3) is 10.0 Å². The maximum absolute atomic E-state index is 13.5. The quantitative estimate of drug-likeness (QED) is 0.640. The van der Waals surface area contributed by atoms with Crippen LogP contribution in [0.5, 0.6) is 5.75 Å². The van der Waals surface area contributed by atoms with Crippen molar-refractivity contribution in [3.05, 3.63) is 48.3 Å². The molecule has 1 atom stereocenters. The van der Waals surface area contributed by atoms with Gasteiger partial charge in [-0.2, -0.15) is 0 Å². The highest BCUT2D eigenvalue weighted by Crippen LogP contribution is 2.39.